The lowest BCUT2D eigenvalue weighted by atomic mass is 10.2. The molecular formula is C19H21N5O3. The van der Waals surface area contributed by atoms with Crippen LogP contribution < -0.4 is 10.6 Å². The molecule has 2 N–H and O–H groups in total. The van der Waals surface area contributed by atoms with E-state index in [9.17, 15) is 9.59 Å². The standard InChI is InChI=1S/C19H21N5O3/c1-3-9-24-12-21-23-17(24)11-20-18(25)14-4-6-15(7-5-14)22-19(26)16-8-10-27-13(16)2/h4-8,10,12H,3,9,11H2,1-2H3,(H,20,25)(H,22,26). The van der Waals surface area contributed by atoms with Crippen LogP contribution in [0.4, 0.5) is 5.69 Å². The third kappa shape index (κ3) is 4.41. The molecule has 0 saturated heterocycles. The number of benzene rings is 1. The zero-order chi connectivity index (χ0) is 19.2. The summed E-state index contributed by atoms with van der Waals surface area (Å²) in [5.74, 6) is 0.794. The Bertz CT molecular complexity index is 927. The van der Waals surface area contributed by atoms with E-state index in [2.05, 4.69) is 27.8 Å². The Hall–Kier alpha value is -3.42. The lowest BCUT2D eigenvalue weighted by Crippen LogP contribution is -2.24. The van der Waals surface area contributed by atoms with E-state index in [0.717, 1.165) is 13.0 Å². The van der Waals surface area contributed by atoms with Crippen molar-refractivity contribution in [2.24, 2.45) is 0 Å². The molecule has 0 spiro atoms. The van der Waals surface area contributed by atoms with Gasteiger partial charge in [0.25, 0.3) is 11.8 Å². The van der Waals surface area contributed by atoms with Gasteiger partial charge in [-0.15, -0.1) is 10.2 Å². The van der Waals surface area contributed by atoms with E-state index in [1.807, 2.05) is 4.57 Å². The van der Waals surface area contributed by atoms with Crippen LogP contribution in [0, 0.1) is 6.92 Å². The van der Waals surface area contributed by atoms with Gasteiger partial charge in [0.15, 0.2) is 5.82 Å². The van der Waals surface area contributed by atoms with Gasteiger partial charge in [0.2, 0.25) is 0 Å². The highest BCUT2D eigenvalue weighted by Crippen LogP contribution is 2.14. The van der Waals surface area contributed by atoms with Crippen LogP contribution in [0.3, 0.4) is 0 Å². The molecule has 0 bridgehead atoms. The van der Waals surface area contributed by atoms with Crippen LogP contribution in [-0.4, -0.2) is 26.6 Å². The van der Waals surface area contributed by atoms with Crippen molar-refractivity contribution < 1.29 is 14.0 Å². The summed E-state index contributed by atoms with van der Waals surface area (Å²) in [6.07, 6.45) is 4.09. The number of furan rings is 1. The molecule has 27 heavy (non-hydrogen) atoms. The number of aromatic nitrogens is 3. The van der Waals surface area contributed by atoms with Gasteiger partial charge in [-0.25, -0.2) is 0 Å². The van der Waals surface area contributed by atoms with Gasteiger partial charge in [0, 0.05) is 17.8 Å². The van der Waals surface area contributed by atoms with Crippen molar-refractivity contribution in [1.82, 2.24) is 20.1 Å². The Labute approximate surface area is 156 Å². The molecule has 0 aliphatic heterocycles. The topological polar surface area (TPSA) is 102 Å². The van der Waals surface area contributed by atoms with Crippen molar-refractivity contribution in [1.29, 1.82) is 0 Å². The van der Waals surface area contributed by atoms with Crippen molar-refractivity contribution >= 4 is 17.5 Å². The molecule has 2 amide bonds. The smallest absolute Gasteiger partial charge is 0.259 e. The normalized spacial score (nSPS) is 10.6. The maximum Gasteiger partial charge on any atom is 0.259 e. The molecular weight excluding hydrogens is 346 g/mol. The van der Waals surface area contributed by atoms with Gasteiger partial charge in [-0.2, -0.15) is 0 Å². The van der Waals surface area contributed by atoms with E-state index in [0.29, 0.717) is 34.9 Å². The molecule has 0 aliphatic rings. The predicted molar refractivity (Wildman–Crippen MR) is 99.3 cm³/mol. The molecule has 0 unspecified atom stereocenters. The number of anilines is 1. The molecule has 3 rings (SSSR count). The first-order chi connectivity index (χ1) is 13.1. The van der Waals surface area contributed by atoms with Crippen molar-refractivity contribution in [3.05, 3.63) is 65.6 Å². The summed E-state index contributed by atoms with van der Waals surface area (Å²) in [6, 6.07) is 8.29. The number of carbonyl (C=O) groups is 2. The second-order valence-corrected chi connectivity index (χ2v) is 6.05. The quantitative estimate of drug-likeness (QED) is 0.668. The molecule has 0 aliphatic carbocycles. The molecule has 0 radical (unpaired) electrons. The average Bonchev–Trinajstić information content (AvgIpc) is 3.29. The van der Waals surface area contributed by atoms with E-state index in [-0.39, 0.29) is 11.8 Å². The third-order valence-electron chi connectivity index (χ3n) is 4.08. The van der Waals surface area contributed by atoms with Crippen molar-refractivity contribution in [2.45, 2.75) is 33.4 Å². The summed E-state index contributed by atoms with van der Waals surface area (Å²) in [5, 5.41) is 13.5. The third-order valence-corrected chi connectivity index (χ3v) is 4.08. The summed E-state index contributed by atoms with van der Waals surface area (Å²) < 4.78 is 7.04. The van der Waals surface area contributed by atoms with E-state index in [4.69, 9.17) is 4.42 Å². The lowest BCUT2D eigenvalue weighted by molar-refractivity contribution is 0.0949. The highest BCUT2D eigenvalue weighted by atomic mass is 16.3. The van der Waals surface area contributed by atoms with Crippen molar-refractivity contribution in [3.63, 3.8) is 0 Å². The van der Waals surface area contributed by atoms with Crippen molar-refractivity contribution in [2.75, 3.05) is 5.32 Å². The van der Waals surface area contributed by atoms with E-state index < -0.39 is 0 Å². The van der Waals surface area contributed by atoms with Gasteiger partial charge in [0.05, 0.1) is 18.4 Å². The number of hydrogen-bond donors (Lipinski definition) is 2. The van der Waals surface area contributed by atoms with Crippen LogP contribution in [0.5, 0.6) is 0 Å². The minimum absolute atomic E-state index is 0.218. The molecule has 0 atom stereocenters. The number of rotatable bonds is 7. The Kier molecular flexibility index (Phi) is 5.65. The van der Waals surface area contributed by atoms with Crippen LogP contribution >= 0.6 is 0 Å². The number of amides is 2. The zero-order valence-electron chi connectivity index (χ0n) is 15.2. The van der Waals surface area contributed by atoms with E-state index in [1.165, 1.54) is 6.26 Å². The Morgan fingerprint density at radius 3 is 2.59 bits per heavy atom. The number of carbonyl (C=O) groups excluding carboxylic acids is 2. The molecule has 1 aromatic carbocycles. The molecule has 2 aromatic heterocycles. The summed E-state index contributed by atoms with van der Waals surface area (Å²) in [4.78, 5) is 24.5. The molecule has 0 fully saturated rings. The van der Waals surface area contributed by atoms with Crippen molar-refractivity contribution in [3.8, 4) is 0 Å². The lowest BCUT2D eigenvalue weighted by Gasteiger charge is -2.08. The number of nitrogens with one attached hydrogen (secondary N) is 2. The first kappa shape index (κ1) is 18.4. The monoisotopic (exact) mass is 367 g/mol. The first-order valence-corrected chi connectivity index (χ1v) is 8.69. The fourth-order valence-electron chi connectivity index (χ4n) is 2.63. The molecule has 3 aromatic rings. The van der Waals surface area contributed by atoms with E-state index in [1.54, 1.807) is 43.6 Å². The Morgan fingerprint density at radius 2 is 1.93 bits per heavy atom. The second kappa shape index (κ2) is 8.31. The highest BCUT2D eigenvalue weighted by molar-refractivity contribution is 6.05. The summed E-state index contributed by atoms with van der Waals surface area (Å²) in [7, 11) is 0. The Balaban J connectivity index is 1.58. The van der Waals surface area contributed by atoms with Gasteiger partial charge in [0.1, 0.15) is 12.1 Å². The van der Waals surface area contributed by atoms with Gasteiger partial charge < -0.3 is 19.6 Å². The van der Waals surface area contributed by atoms with Crippen LogP contribution in [0.1, 0.15) is 45.6 Å². The van der Waals surface area contributed by atoms with Gasteiger partial charge in [-0.1, -0.05) is 6.92 Å². The predicted octanol–water partition coefficient (Wildman–Crippen LogP) is 2.77. The molecule has 0 saturated carbocycles. The molecule has 2 heterocycles. The van der Waals surface area contributed by atoms with Gasteiger partial charge in [-0.3, -0.25) is 9.59 Å². The fraction of sp³-hybridized carbons (Fsp3) is 0.263. The van der Waals surface area contributed by atoms with Crippen LogP contribution in [0.25, 0.3) is 0 Å². The largest absolute Gasteiger partial charge is 0.469 e. The van der Waals surface area contributed by atoms with Crippen LogP contribution in [-0.2, 0) is 13.1 Å². The highest BCUT2D eigenvalue weighted by Gasteiger charge is 2.12. The second-order valence-electron chi connectivity index (χ2n) is 6.05. The average molecular weight is 367 g/mol. The maximum atomic E-state index is 12.3. The number of nitrogens with zero attached hydrogens (tertiary/aromatic N) is 3. The molecule has 8 nitrogen and oxygen atoms in total. The SMILES string of the molecule is CCCn1cnnc1CNC(=O)c1ccc(NC(=O)c2ccoc2C)cc1. The summed E-state index contributed by atoms with van der Waals surface area (Å²) in [5.41, 5.74) is 1.57. The Morgan fingerprint density at radius 1 is 1.15 bits per heavy atom. The minimum Gasteiger partial charge on any atom is -0.469 e. The minimum atomic E-state index is -0.256. The van der Waals surface area contributed by atoms with Crippen LogP contribution in [0.15, 0.2) is 47.3 Å². The number of hydrogen-bond acceptors (Lipinski definition) is 5. The number of aryl methyl sites for hydroxylation is 2. The maximum absolute atomic E-state index is 12.3. The first-order valence-electron chi connectivity index (χ1n) is 8.69. The molecule has 8 heteroatoms. The van der Waals surface area contributed by atoms with Crippen LogP contribution in [0.2, 0.25) is 0 Å². The zero-order valence-corrected chi connectivity index (χ0v) is 15.2. The van der Waals surface area contributed by atoms with Gasteiger partial charge >= 0.3 is 0 Å². The molecule has 140 valence electrons. The van der Waals surface area contributed by atoms with Gasteiger partial charge in [-0.05, 0) is 43.7 Å². The summed E-state index contributed by atoms with van der Waals surface area (Å²) >= 11 is 0. The van der Waals surface area contributed by atoms with E-state index >= 15 is 0 Å². The fourth-order valence-corrected chi connectivity index (χ4v) is 2.63. The summed E-state index contributed by atoms with van der Waals surface area (Å²) in [6.45, 7) is 4.90.